The summed E-state index contributed by atoms with van der Waals surface area (Å²) < 4.78 is 41.5. The zero-order chi connectivity index (χ0) is 25.5. The van der Waals surface area contributed by atoms with E-state index < -0.39 is 11.6 Å². The number of furan rings is 1. The van der Waals surface area contributed by atoms with Crippen LogP contribution >= 0.6 is 0 Å². The maximum Gasteiger partial charge on any atom is 0.178 e. The van der Waals surface area contributed by atoms with Crippen molar-refractivity contribution in [2.24, 2.45) is 0 Å². The zero-order valence-corrected chi connectivity index (χ0v) is 20.9. The molecule has 0 aliphatic carbocycles. The van der Waals surface area contributed by atoms with Crippen molar-refractivity contribution in [2.75, 3.05) is 49.1 Å². The number of benzene rings is 2. The van der Waals surface area contributed by atoms with Crippen LogP contribution in [0.2, 0.25) is 0 Å². The molecule has 0 radical (unpaired) electrons. The average Bonchev–Trinajstić information content (AvgIpc) is 3.31. The number of halogens is 2. The molecule has 4 aromatic rings. The van der Waals surface area contributed by atoms with Crippen LogP contribution in [0.5, 0.6) is 5.75 Å². The van der Waals surface area contributed by atoms with Crippen LogP contribution in [0.25, 0.3) is 22.2 Å². The van der Waals surface area contributed by atoms with E-state index >= 15 is 0 Å². The molecule has 7 nitrogen and oxygen atoms in total. The highest BCUT2D eigenvalue weighted by atomic mass is 19.1. The third-order valence-electron chi connectivity index (χ3n) is 6.97. The largest absolute Gasteiger partial charge is 0.486 e. The molecule has 0 spiro atoms. The van der Waals surface area contributed by atoms with Gasteiger partial charge < -0.3 is 24.3 Å². The molecular formula is C28H29F2N5O2. The van der Waals surface area contributed by atoms with Crippen LogP contribution in [0.1, 0.15) is 25.4 Å². The summed E-state index contributed by atoms with van der Waals surface area (Å²) in [6.07, 6.45) is 1.43. The number of nitrogens with zero attached hydrogens (tertiary/aromatic N) is 4. The molecule has 2 aromatic heterocycles. The van der Waals surface area contributed by atoms with Crippen molar-refractivity contribution in [1.82, 2.24) is 15.3 Å². The second-order valence-corrected chi connectivity index (χ2v) is 9.77. The molecule has 0 amide bonds. The molecule has 2 aliphatic heterocycles. The normalized spacial score (nSPS) is 15.8. The molecule has 1 fully saturated rings. The second kappa shape index (κ2) is 9.63. The Morgan fingerprint density at radius 3 is 2.68 bits per heavy atom. The molecule has 37 heavy (non-hydrogen) atoms. The molecule has 1 saturated heterocycles. The van der Waals surface area contributed by atoms with Gasteiger partial charge in [0.1, 0.15) is 29.5 Å². The Morgan fingerprint density at radius 1 is 1.03 bits per heavy atom. The van der Waals surface area contributed by atoms with Gasteiger partial charge in [0.25, 0.3) is 0 Å². The van der Waals surface area contributed by atoms with Crippen molar-refractivity contribution < 1.29 is 17.9 Å². The minimum Gasteiger partial charge on any atom is -0.486 e. The lowest BCUT2D eigenvalue weighted by Crippen LogP contribution is -2.43. The van der Waals surface area contributed by atoms with Crippen LogP contribution in [0.15, 0.2) is 47.0 Å². The lowest BCUT2D eigenvalue weighted by molar-refractivity contribution is 0.287. The van der Waals surface area contributed by atoms with E-state index in [4.69, 9.17) is 9.15 Å². The molecule has 192 valence electrons. The summed E-state index contributed by atoms with van der Waals surface area (Å²) in [5.74, 6) is 0.130. The van der Waals surface area contributed by atoms with E-state index in [1.165, 1.54) is 6.07 Å². The van der Waals surface area contributed by atoms with Gasteiger partial charge in [0.05, 0.1) is 24.8 Å². The van der Waals surface area contributed by atoms with Gasteiger partial charge in [-0.15, -0.1) is 0 Å². The highest BCUT2D eigenvalue weighted by Gasteiger charge is 2.26. The first-order valence-electron chi connectivity index (χ1n) is 12.7. The Labute approximate surface area is 214 Å². The number of aromatic nitrogens is 2. The Bertz CT molecular complexity index is 1450. The second-order valence-electron chi connectivity index (χ2n) is 9.77. The maximum absolute atomic E-state index is 15.0. The summed E-state index contributed by atoms with van der Waals surface area (Å²) in [5.41, 5.74) is 2.92. The molecule has 6 rings (SSSR count). The minimum absolute atomic E-state index is 0.0538. The van der Waals surface area contributed by atoms with E-state index in [0.29, 0.717) is 42.4 Å². The SMILES string of the molecule is CC(C)N1CCOc2c(F)cc(-c3nc(Cc4cc5ccc(N6CCNCC6)cc5o4)ncc3F)cc21. The molecular weight excluding hydrogens is 476 g/mol. The first-order valence-corrected chi connectivity index (χ1v) is 12.7. The summed E-state index contributed by atoms with van der Waals surface area (Å²) in [5, 5.41) is 4.35. The quantitative estimate of drug-likeness (QED) is 0.419. The van der Waals surface area contributed by atoms with Crippen LogP contribution in [0, 0.1) is 11.6 Å². The number of hydrogen-bond donors (Lipinski definition) is 1. The number of piperazine rings is 1. The lowest BCUT2D eigenvalue weighted by Gasteiger charge is -2.34. The molecule has 1 N–H and O–H groups in total. The zero-order valence-electron chi connectivity index (χ0n) is 20.9. The monoisotopic (exact) mass is 505 g/mol. The molecule has 2 aromatic carbocycles. The van der Waals surface area contributed by atoms with Crippen molar-refractivity contribution in [2.45, 2.75) is 26.3 Å². The number of rotatable bonds is 5. The van der Waals surface area contributed by atoms with Crippen molar-refractivity contribution in [3.05, 3.63) is 65.8 Å². The van der Waals surface area contributed by atoms with Crippen LogP contribution in [0.4, 0.5) is 20.2 Å². The van der Waals surface area contributed by atoms with Crippen LogP contribution in [-0.2, 0) is 6.42 Å². The van der Waals surface area contributed by atoms with Gasteiger partial charge >= 0.3 is 0 Å². The van der Waals surface area contributed by atoms with E-state index in [9.17, 15) is 8.78 Å². The first-order chi connectivity index (χ1) is 18.0. The fourth-order valence-corrected chi connectivity index (χ4v) is 5.10. The highest BCUT2D eigenvalue weighted by molar-refractivity contribution is 5.82. The predicted molar refractivity (Wildman–Crippen MR) is 139 cm³/mol. The fraction of sp³-hybridized carbons (Fsp3) is 0.357. The third-order valence-corrected chi connectivity index (χ3v) is 6.97. The Balaban J connectivity index is 1.30. The number of hydrogen-bond acceptors (Lipinski definition) is 7. The molecule has 0 saturated carbocycles. The lowest BCUT2D eigenvalue weighted by atomic mass is 10.1. The average molecular weight is 506 g/mol. The molecule has 0 atom stereocenters. The smallest absolute Gasteiger partial charge is 0.178 e. The molecule has 4 heterocycles. The van der Waals surface area contributed by atoms with E-state index in [0.717, 1.165) is 49.0 Å². The Morgan fingerprint density at radius 2 is 1.86 bits per heavy atom. The van der Waals surface area contributed by atoms with Crippen LogP contribution in [-0.4, -0.2) is 55.3 Å². The van der Waals surface area contributed by atoms with Gasteiger partial charge in [-0.2, -0.15) is 0 Å². The van der Waals surface area contributed by atoms with Gasteiger partial charge in [-0.1, -0.05) is 0 Å². The van der Waals surface area contributed by atoms with E-state index in [-0.39, 0.29) is 17.5 Å². The van der Waals surface area contributed by atoms with E-state index in [2.05, 4.69) is 43.3 Å². The van der Waals surface area contributed by atoms with E-state index in [1.807, 2.05) is 19.9 Å². The van der Waals surface area contributed by atoms with E-state index in [1.54, 1.807) is 6.07 Å². The molecule has 2 aliphatic rings. The van der Waals surface area contributed by atoms with Gasteiger partial charge in [0.15, 0.2) is 17.4 Å². The number of fused-ring (bicyclic) bond motifs is 2. The van der Waals surface area contributed by atoms with Gasteiger partial charge in [-0.25, -0.2) is 18.7 Å². The fourth-order valence-electron chi connectivity index (χ4n) is 5.10. The van der Waals surface area contributed by atoms with Crippen molar-refractivity contribution >= 4 is 22.3 Å². The van der Waals surface area contributed by atoms with Crippen LogP contribution < -0.4 is 19.9 Å². The highest BCUT2D eigenvalue weighted by Crippen LogP contribution is 2.39. The van der Waals surface area contributed by atoms with Gasteiger partial charge in [-0.05, 0) is 44.2 Å². The molecule has 0 unspecified atom stereocenters. The third kappa shape index (κ3) is 4.59. The van der Waals surface area contributed by atoms with Crippen molar-refractivity contribution in [3.8, 4) is 17.0 Å². The summed E-state index contributed by atoms with van der Waals surface area (Å²) in [6, 6.07) is 11.3. The standard InChI is InChI=1S/C28H29F2N5O2/c1-17(2)35-9-10-36-28-22(29)12-19(13-24(28)35)27-23(30)16-32-26(33-27)15-21-11-18-3-4-20(14-25(18)37-21)34-7-5-31-6-8-34/h3-4,11-14,16-17,31H,5-10,15H2,1-2H3. The summed E-state index contributed by atoms with van der Waals surface area (Å²) in [7, 11) is 0. The van der Waals surface area contributed by atoms with Gasteiger partial charge in [-0.3, -0.25) is 0 Å². The summed E-state index contributed by atoms with van der Waals surface area (Å²) in [4.78, 5) is 13.0. The topological polar surface area (TPSA) is 66.7 Å². The van der Waals surface area contributed by atoms with Crippen LogP contribution in [0.3, 0.4) is 0 Å². The summed E-state index contributed by atoms with van der Waals surface area (Å²) in [6.45, 7) is 8.93. The molecule has 0 bridgehead atoms. The Hall–Kier alpha value is -3.72. The van der Waals surface area contributed by atoms with Crippen molar-refractivity contribution in [1.29, 1.82) is 0 Å². The summed E-state index contributed by atoms with van der Waals surface area (Å²) >= 11 is 0. The van der Waals surface area contributed by atoms with Crippen molar-refractivity contribution in [3.63, 3.8) is 0 Å². The van der Waals surface area contributed by atoms with Gasteiger partial charge in [0.2, 0.25) is 0 Å². The number of ether oxygens (including phenoxy) is 1. The Kier molecular flexibility index (Phi) is 6.16. The number of nitrogens with one attached hydrogen (secondary N) is 1. The maximum atomic E-state index is 15.0. The minimum atomic E-state index is -0.610. The predicted octanol–water partition coefficient (Wildman–Crippen LogP) is 4.78. The first kappa shape index (κ1) is 23.7. The van der Waals surface area contributed by atoms with Gasteiger partial charge in [0, 0.05) is 54.9 Å². The molecule has 9 heteroatoms. The number of anilines is 2.